The van der Waals surface area contributed by atoms with Crippen molar-refractivity contribution in [3.8, 4) is 0 Å². The number of fused-ring (bicyclic) bond motifs is 4. The van der Waals surface area contributed by atoms with E-state index in [2.05, 4.69) is 15.1 Å². The third-order valence-electron chi connectivity index (χ3n) is 5.90. The lowest BCUT2D eigenvalue weighted by Gasteiger charge is -2.30. The number of rotatable bonds is 2. The van der Waals surface area contributed by atoms with E-state index in [4.69, 9.17) is 10.8 Å². The fourth-order valence-electron chi connectivity index (χ4n) is 4.21. The maximum absolute atomic E-state index is 14.1. The molecule has 2 aromatic carbocycles. The van der Waals surface area contributed by atoms with E-state index in [0.29, 0.717) is 30.0 Å². The normalized spacial score (nSPS) is 16.6. The summed E-state index contributed by atoms with van der Waals surface area (Å²) in [5.74, 6) is 1.18. The van der Waals surface area contributed by atoms with Gasteiger partial charge in [0.2, 0.25) is 0 Å². The second-order valence-corrected chi connectivity index (χ2v) is 7.90. The predicted molar refractivity (Wildman–Crippen MR) is 106 cm³/mol. The Labute approximate surface area is 164 Å². The van der Waals surface area contributed by atoms with Crippen molar-refractivity contribution in [2.24, 2.45) is 0 Å². The monoisotopic (exact) mass is 392 g/mol. The maximum atomic E-state index is 14.1. The number of hydrogen-bond donors (Lipinski definition) is 1. The highest BCUT2D eigenvalue weighted by Crippen LogP contribution is 2.40. The highest BCUT2D eigenvalue weighted by molar-refractivity contribution is 6.00. The van der Waals surface area contributed by atoms with Gasteiger partial charge in [-0.25, -0.2) is 8.78 Å². The van der Waals surface area contributed by atoms with Crippen molar-refractivity contribution >= 4 is 27.9 Å². The highest BCUT2D eigenvalue weighted by atomic mass is 19.1. The lowest BCUT2D eigenvalue weighted by atomic mass is 9.98. The highest BCUT2D eigenvalue weighted by Gasteiger charge is 2.31. The summed E-state index contributed by atoms with van der Waals surface area (Å²) in [6.45, 7) is 1.22. The Kier molecular flexibility index (Phi) is 3.36. The average Bonchev–Trinajstić information content (AvgIpc) is 3.46. The molecule has 6 nitrogen and oxygen atoms in total. The van der Waals surface area contributed by atoms with Gasteiger partial charge in [-0.15, -0.1) is 15.3 Å². The largest absolute Gasteiger partial charge is 0.396 e. The summed E-state index contributed by atoms with van der Waals surface area (Å²) in [7, 11) is 0. The van der Waals surface area contributed by atoms with Gasteiger partial charge in [-0.1, -0.05) is 0 Å². The van der Waals surface area contributed by atoms with Crippen LogP contribution < -0.4 is 10.6 Å². The molecule has 8 heteroatoms. The van der Waals surface area contributed by atoms with Crippen LogP contribution in [-0.4, -0.2) is 26.4 Å². The van der Waals surface area contributed by atoms with Crippen molar-refractivity contribution in [2.45, 2.75) is 31.7 Å². The molecule has 2 aliphatic rings. The van der Waals surface area contributed by atoms with Crippen LogP contribution in [0.4, 0.5) is 20.3 Å². The predicted octanol–water partition coefficient (Wildman–Crippen LogP) is 3.58. The second-order valence-electron chi connectivity index (χ2n) is 7.90. The third-order valence-corrected chi connectivity index (χ3v) is 5.90. The van der Waals surface area contributed by atoms with Crippen LogP contribution in [0.15, 0.2) is 30.3 Å². The standard InChI is InChI=1S/C21H18F2N6/c22-14-3-4-15-16(9-14)20-26-25-19(11-1-2-11)29(20)27-21(15)28-6-5-12-8-18(24)17(23)7-13(12)10-28/h3-4,7-9,11H,1-2,5-6,10,24H2. The van der Waals surface area contributed by atoms with Gasteiger partial charge in [-0.3, -0.25) is 0 Å². The van der Waals surface area contributed by atoms with E-state index in [9.17, 15) is 8.78 Å². The fourth-order valence-corrected chi connectivity index (χ4v) is 4.21. The molecule has 1 aliphatic heterocycles. The molecule has 6 rings (SSSR count). The summed E-state index contributed by atoms with van der Waals surface area (Å²) in [5, 5.41) is 15.0. The fraction of sp³-hybridized carbons (Fsp3) is 0.286. The zero-order chi connectivity index (χ0) is 19.7. The number of hydrogen-bond acceptors (Lipinski definition) is 5. The first-order valence-corrected chi connectivity index (χ1v) is 9.75. The molecule has 0 radical (unpaired) electrons. The van der Waals surface area contributed by atoms with Crippen LogP contribution in [0, 0.1) is 11.6 Å². The van der Waals surface area contributed by atoms with Crippen LogP contribution in [-0.2, 0) is 13.0 Å². The van der Waals surface area contributed by atoms with E-state index >= 15 is 0 Å². The SMILES string of the molecule is Nc1cc2c(cc1F)CN(c1nn3c(C4CC4)nnc3c3cc(F)ccc13)CC2. The molecule has 0 bridgehead atoms. The van der Waals surface area contributed by atoms with Crippen molar-refractivity contribution < 1.29 is 8.78 Å². The Morgan fingerprint density at radius 1 is 1.00 bits per heavy atom. The van der Waals surface area contributed by atoms with Gasteiger partial charge < -0.3 is 10.6 Å². The van der Waals surface area contributed by atoms with E-state index in [1.54, 1.807) is 16.6 Å². The minimum Gasteiger partial charge on any atom is -0.396 e. The molecule has 0 amide bonds. The lowest BCUT2D eigenvalue weighted by Crippen LogP contribution is -2.32. The Bertz CT molecular complexity index is 1290. The minimum absolute atomic E-state index is 0.177. The first-order valence-electron chi connectivity index (χ1n) is 9.75. The van der Waals surface area contributed by atoms with Gasteiger partial charge in [0.05, 0.1) is 5.69 Å². The van der Waals surface area contributed by atoms with Crippen molar-refractivity contribution in [3.63, 3.8) is 0 Å². The van der Waals surface area contributed by atoms with Gasteiger partial charge in [-0.05, 0) is 60.7 Å². The van der Waals surface area contributed by atoms with Gasteiger partial charge in [0, 0.05) is 29.8 Å². The van der Waals surface area contributed by atoms with Crippen LogP contribution in [0.3, 0.4) is 0 Å². The molecular formula is C21H18F2N6. The van der Waals surface area contributed by atoms with Crippen molar-refractivity contribution in [1.29, 1.82) is 0 Å². The summed E-state index contributed by atoms with van der Waals surface area (Å²) in [4.78, 5) is 2.11. The topological polar surface area (TPSA) is 72.3 Å². The number of benzene rings is 2. The summed E-state index contributed by atoms with van der Waals surface area (Å²) in [5.41, 5.74) is 8.42. The number of nitrogen functional groups attached to an aromatic ring is 1. The molecule has 3 heterocycles. The van der Waals surface area contributed by atoms with E-state index in [1.807, 2.05) is 0 Å². The Balaban J connectivity index is 1.54. The summed E-state index contributed by atoms with van der Waals surface area (Å²) < 4.78 is 29.8. The quantitative estimate of drug-likeness (QED) is 0.528. The smallest absolute Gasteiger partial charge is 0.185 e. The molecule has 0 atom stereocenters. The van der Waals surface area contributed by atoms with Gasteiger partial charge >= 0.3 is 0 Å². The molecule has 0 saturated heterocycles. The zero-order valence-corrected chi connectivity index (χ0v) is 15.6. The molecule has 0 spiro atoms. The van der Waals surface area contributed by atoms with Crippen molar-refractivity contribution in [1.82, 2.24) is 19.8 Å². The van der Waals surface area contributed by atoms with E-state index in [1.165, 1.54) is 18.2 Å². The van der Waals surface area contributed by atoms with Gasteiger partial charge in [0.1, 0.15) is 11.6 Å². The summed E-state index contributed by atoms with van der Waals surface area (Å²) in [6, 6.07) is 7.88. The molecule has 2 N–H and O–H groups in total. The number of halogens is 2. The van der Waals surface area contributed by atoms with Crippen LogP contribution in [0.25, 0.3) is 16.4 Å². The average molecular weight is 392 g/mol. The Hall–Kier alpha value is -3.29. The van der Waals surface area contributed by atoms with Crippen LogP contribution in [0.1, 0.15) is 35.7 Å². The molecule has 1 saturated carbocycles. The molecular weight excluding hydrogens is 374 g/mol. The molecule has 1 fully saturated rings. The molecule has 0 unspecified atom stereocenters. The lowest BCUT2D eigenvalue weighted by molar-refractivity contribution is 0.622. The Morgan fingerprint density at radius 2 is 1.86 bits per heavy atom. The van der Waals surface area contributed by atoms with E-state index in [0.717, 1.165) is 47.4 Å². The van der Waals surface area contributed by atoms with Crippen LogP contribution >= 0.6 is 0 Å². The van der Waals surface area contributed by atoms with Crippen LogP contribution in [0.2, 0.25) is 0 Å². The van der Waals surface area contributed by atoms with Crippen molar-refractivity contribution in [2.75, 3.05) is 17.2 Å². The zero-order valence-electron chi connectivity index (χ0n) is 15.6. The molecule has 4 aromatic rings. The van der Waals surface area contributed by atoms with E-state index < -0.39 is 5.82 Å². The number of nitrogens with zero attached hydrogens (tertiary/aromatic N) is 5. The third kappa shape index (κ3) is 2.55. The maximum Gasteiger partial charge on any atom is 0.185 e. The van der Waals surface area contributed by atoms with E-state index in [-0.39, 0.29) is 11.5 Å². The van der Waals surface area contributed by atoms with Crippen molar-refractivity contribution in [3.05, 3.63) is 58.9 Å². The molecule has 2 aromatic heterocycles. The molecule has 1 aliphatic carbocycles. The molecule has 29 heavy (non-hydrogen) atoms. The first-order chi connectivity index (χ1) is 14.1. The van der Waals surface area contributed by atoms with Gasteiger partial charge in [-0.2, -0.15) is 4.52 Å². The van der Waals surface area contributed by atoms with Gasteiger partial charge in [0.15, 0.2) is 17.3 Å². The van der Waals surface area contributed by atoms with Crippen LogP contribution in [0.5, 0.6) is 0 Å². The number of aromatic nitrogens is 4. The minimum atomic E-state index is -0.407. The number of anilines is 2. The first kappa shape index (κ1) is 16.6. The molecule has 146 valence electrons. The summed E-state index contributed by atoms with van der Waals surface area (Å²) >= 11 is 0. The van der Waals surface area contributed by atoms with Gasteiger partial charge in [0.25, 0.3) is 0 Å². The second kappa shape index (κ2) is 5.85. The summed E-state index contributed by atoms with van der Waals surface area (Å²) in [6.07, 6.45) is 2.87. The number of nitrogens with two attached hydrogens (primary N) is 1. The Morgan fingerprint density at radius 3 is 2.69 bits per heavy atom.